The van der Waals surface area contributed by atoms with Crippen LogP contribution in [0.15, 0.2) is 89.7 Å². The highest BCUT2D eigenvalue weighted by molar-refractivity contribution is 7.13. The predicted octanol–water partition coefficient (Wildman–Crippen LogP) is 5.67. The van der Waals surface area contributed by atoms with Crippen LogP contribution < -0.4 is 26.4 Å². The van der Waals surface area contributed by atoms with Gasteiger partial charge < -0.3 is 20.9 Å². The number of aromatic nitrogens is 6. The number of benzene rings is 1. The summed E-state index contributed by atoms with van der Waals surface area (Å²) in [6.07, 6.45) is 3.51. The molecule has 3 N–H and O–H groups in total. The van der Waals surface area contributed by atoms with Crippen LogP contribution in [0.2, 0.25) is 0 Å². The van der Waals surface area contributed by atoms with Gasteiger partial charge in [0.25, 0.3) is 5.56 Å². The summed E-state index contributed by atoms with van der Waals surface area (Å²) in [5, 5.41) is 12.3. The number of anilines is 5. The summed E-state index contributed by atoms with van der Waals surface area (Å²) in [5.74, 6) is 0.0304. The van der Waals surface area contributed by atoms with E-state index >= 15 is 0 Å². The van der Waals surface area contributed by atoms with E-state index in [0.29, 0.717) is 42.9 Å². The van der Waals surface area contributed by atoms with E-state index in [2.05, 4.69) is 40.9 Å². The molecule has 6 aromatic rings. The first-order chi connectivity index (χ1) is 22.8. The van der Waals surface area contributed by atoms with Crippen molar-refractivity contribution < 1.29 is 13.2 Å². The Morgan fingerprint density at radius 3 is 2.53 bits per heavy atom. The first-order valence-electron chi connectivity index (χ1n) is 14.7. The van der Waals surface area contributed by atoms with Gasteiger partial charge in [-0.05, 0) is 48.5 Å². The molecular formula is C32H27F3N10OS. The van der Waals surface area contributed by atoms with Gasteiger partial charge in [-0.1, -0.05) is 0 Å². The van der Waals surface area contributed by atoms with E-state index in [-0.39, 0.29) is 40.8 Å². The Hall–Kier alpha value is -5.41. The molecule has 5 aromatic heterocycles. The highest BCUT2D eigenvalue weighted by Crippen LogP contribution is 2.39. The van der Waals surface area contributed by atoms with Gasteiger partial charge in [0.05, 0.1) is 29.7 Å². The molecule has 0 bridgehead atoms. The highest BCUT2D eigenvalue weighted by Gasteiger charge is 2.35. The van der Waals surface area contributed by atoms with Crippen molar-refractivity contribution in [1.29, 1.82) is 0 Å². The number of hydrogen-bond donors (Lipinski definition) is 3. The normalized spacial score (nSPS) is 13.6. The van der Waals surface area contributed by atoms with Crippen molar-refractivity contribution in [2.75, 3.05) is 41.7 Å². The SMILES string of the molecule is O=c1c(Nc2cccnc2)cc2cnc(Nc3ccc(N4CCNCC4)c(C(F)(F)F)c3)nc2n1Cc1ncccc1-c1nccs1. The summed E-state index contributed by atoms with van der Waals surface area (Å²) in [7, 11) is 0. The molecule has 7 rings (SSSR count). The van der Waals surface area contributed by atoms with E-state index in [9.17, 15) is 18.0 Å². The Kier molecular flexibility index (Phi) is 8.22. The number of piperazine rings is 1. The van der Waals surface area contributed by atoms with E-state index in [4.69, 9.17) is 0 Å². The maximum absolute atomic E-state index is 14.2. The average molecular weight is 657 g/mol. The Labute approximate surface area is 270 Å². The van der Waals surface area contributed by atoms with Gasteiger partial charge in [0, 0.05) is 78.7 Å². The number of rotatable bonds is 8. The molecule has 1 saturated heterocycles. The van der Waals surface area contributed by atoms with Crippen LogP contribution >= 0.6 is 11.3 Å². The Morgan fingerprint density at radius 2 is 1.77 bits per heavy atom. The molecule has 1 aliphatic rings. The maximum Gasteiger partial charge on any atom is 0.418 e. The summed E-state index contributed by atoms with van der Waals surface area (Å²) in [6.45, 7) is 2.20. The standard InChI is InChI=1S/C32H27F3N10OS/c33-32(34,35)24-16-21(5-6-27(24)44-12-9-36-10-13-44)42-31-40-17-20-15-25(41-22-3-1-7-37-18-22)30(46)45(28(20)43-31)19-26-23(4-2-8-38-26)29-39-11-14-47-29/h1-8,11,14-18,36,41H,9-10,12-13,19H2,(H,40,42,43). The minimum Gasteiger partial charge on any atom is -0.368 e. The smallest absolute Gasteiger partial charge is 0.368 e. The fourth-order valence-electron chi connectivity index (χ4n) is 5.46. The summed E-state index contributed by atoms with van der Waals surface area (Å²) in [4.78, 5) is 37.9. The van der Waals surface area contributed by atoms with Crippen molar-refractivity contribution in [2.45, 2.75) is 12.7 Å². The van der Waals surface area contributed by atoms with Gasteiger partial charge >= 0.3 is 6.18 Å². The molecular weight excluding hydrogens is 629 g/mol. The van der Waals surface area contributed by atoms with Crippen LogP contribution in [0.4, 0.5) is 41.9 Å². The zero-order valence-electron chi connectivity index (χ0n) is 24.7. The first-order valence-corrected chi connectivity index (χ1v) is 15.6. The summed E-state index contributed by atoms with van der Waals surface area (Å²) < 4.78 is 44.1. The third-order valence-corrected chi connectivity index (χ3v) is 8.45. The summed E-state index contributed by atoms with van der Waals surface area (Å²) in [6, 6.07) is 12.9. The molecule has 238 valence electrons. The summed E-state index contributed by atoms with van der Waals surface area (Å²) in [5.41, 5.74) is 1.65. The fourth-order valence-corrected chi connectivity index (χ4v) is 6.15. The van der Waals surface area contributed by atoms with Crippen molar-refractivity contribution in [3.63, 3.8) is 0 Å². The number of pyridine rings is 3. The molecule has 1 fully saturated rings. The molecule has 0 radical (unpaired) electrons. The zero-order chi connectivity index (χ0) is 32.4. The number of nitrogens with one attached hydrogen (secondary N) is 3. The molecule has 47 heavy (non-hydrogen) atoms. The van der Waals surface area contributed by atoms with E-state index in [1.54, 1.807) is 60.0 Å². The number of fused-ring (bicyclic) bond motifs is 1. The molecule has 11 nitrogen and oxygen atoms in total. The van der Waals surface area contributed by atoms with Crippen molar-refractivity contribution in [1.82, 2.24) is 34.8 Å². The van der Waals surface area contributed by atoms with Gasteiger partial charge in [-0.15, -0.1) is 11.3 Å². The lowest BCUT2D eigenvalue weighted by atomic mass is 10.1. The van der Waals surface area contributed by atoms with E-state index < -0.39 is 11.7 Å². The molecule has 0 spiro atoms. The van der Waals surface area contributed by atoms with E-state index in [1.165, 1.54) is 28.2 Å². The molecule has 6 heterocycles. The second kappa shape index (κ2) is 12.8. The van der Waals surface area contributed by atoms with Crippen LogP contribution in [-0.4, -0.2) is 55.7 Å². The second-order valence-electron chi connectivity index (χ2n) is 10.7. The van der Waals surface area contributed by atoms with Gasteiger partial charge in [-0.2, -0.15) is 18.2 Å². The second-order valence-corrected chi connectivity index (χ2v) is 11.6. The molecule has 15 heteroatoms. The van der Waals surface area contributed by atoms with Crippen LogP contribution in [-0.2, 0) is 12.7 Å². The largest absolute Gasteiger partial charge is 0.418 e. The monoisotopic (exact) mass is 656 g/mol. The Morgan fingerprint density at radius 1 is 0.915 bits per heavy atom. The number of nitrogens with zero attached hydrogens (tertiary/aromatic N) is 7. The lowest BCUT2D eigenvalue weighted by molar-refractivity contribution is -0.137. The van der Waals surface area contributed by atoms with E-state index in [0.717, 1.165) is 16.6 Å². The molecule has 1 aliphatic heterocycles. The van der Waals surface area contributed by atoms with Crippen LogP contribution in [0.25, 0.3) is 21.6 Å². The molecule has 0 aliphatic carbocycles. The van der Waals surface area contributed by atoms with Crippen molar-refractivity contribution in [2.24, 2.45) is 0 Å². The molecule has 0 saturated carbocycles. The molecule has 0 unspecified atom stereocenters. The lowest BCUT2D eigenvalue weighted by Gasteiger charge is -2.31. The molecule has 1 aromatic carbocycles. The number of halogens is 3. The van der Waals surface area contributed by atoms with Crippen molar-refractivity contribution in [3.05, 3.63) is 107 Å². The highest BCUT2D eigenvalue weighted by atomic mass is 32.1. The molecule has 0 atom stereocenters. The quantitative estimate of drug-likeness (QED) is 0.189. The lowest BCUT2D eigenvalue weighted by Crippen LogP contribution is -2.44. The van der Waals surface area contributed by atoms with Gasteiger partial charge in [0.15, 0.2) is 0 Å². The van der Waals surface area contributed by atoms with Crippen LogP contribution in [0.5, 0.6) is 0 Å². The van der Waals surface area contributed by atoms with Crippen LogP contribution in [0, 0.1) is 0 Å². The third kappa shape index (κ3) is 6.48. The van der Waals surface area contributed by atoms with Crippen LogP contribution in [0.3, 0.4) is 0 Å². The minimum atomic E-state index is -4.57. The average Bonchev–Trinajstić information content (AvgIpc) is 3.63. The van der Waals surface area contributed by atoms with Gasteiger partial charge in [0.1, 0.15) is 16.3 Å². The predicted molar refractivity (Wildman–Crippen MR) is 176 cm³/mol. The van der Waals surface area contributed by atoms with Crippen molar-refractivity contribution >= 4 is 51.1 Å². The molecule has 0 amide bonds. The fraction of sp³-hybridized carbons (Fsp3) is 0.188. The topological polar surface area (TPSA) is 126 Å². The first kappa shape index (κ1) is 30.3. The summed E-state index contributed by atoms with van der Waals surface area (Å²) >= 11 is 1.45. The Bertz CT molecular complexity index is 2080. The minimum absolute atomic E-state index is 0.0304. The van der Waals surface area contributed by atoms with Crippen LogP contribution in [0.1, 0.15) is 11.3 Å². The zero-order valence-corrected chi connectivity index (χ0v) is 25.5. The number of alkyl halides is 3. The third-order valence-electron chi connectivity index (χ3n) is 7.64. The van der Waals surface area contributed by atoms with E-state index in [1.807, 2.05) is 11.4 Å². The van der Waals surface area contributed by atoms with Gasteiger partial charge in [-0.25, -0.2) is 9.97 Å². The maximum atomic E-state index is 14.2. The van der Waals surface area contributed by atoms with Crippen molar-refractivity contribution in [3.8, 4) is 10.6 Å². The Balaban J connectivity index is 1.30. The van der Waals surface area contributed by atoms with Gasteiger partial charge in [0.2, 0.25) is 5.95 Å². The number of hydrogen-bond acceptors (Lipinski definition) is 11. The number of thiazole rings is 1. The van der Waals surface area contributed by atoms with Gasteiger partial charge in [-0.3, -0.25) is 19.3 Å².